The first-order valence-electron chi connectivity index (χ1n) is 13.3. The van der Waals surface area contributed by atoms with Crippen LogP contribution < -0.4 is 0 Å². The average molecular weight is 553 g/mol. The highest BCUT2D eigenvalue weighted by Crippen LogP contribution is 2.70. The summed E-state index contributed by atoms with van der Waals surface area (Å²) in [7, 11) is -4.84. The summed E-state index contributed by atoms with van der Waals surface area (Å²) in [5.74, 6) is -1.72. The van der Waals surface area contributed by atoms with Crippen molar-refractivity contribution in [3.63, 3.8) is 0 Å². The highest BCUT2D eigenvalue weighted by molar-refractivity contribution is 7.80. The van der Waals surface area contributed by atoms with E-state index in [1.165, 1.54) is 13.0 Å². The Balaban J connectivity index is 1.61. The molecular weight excluding hydrogens is 516 g/mol. The van der Waals surface area contributed by atoms with E-state index in [1.807, 2.05) is 26.8 Å². The topological polar surface area (TPSA) is 142 Å². The third-order valence-electron chi connectivity index (χ3n) is 9.86. The third kappa shape index (κ3) is 4.13. The second-order valence-corrected chi connectivity index (χ2v) is 12.9. The van der Waals surface area contributed by atoms with Gasteiger partial charge in [-0.25, -0.2) is 4.18 Å². The fraction of sp³-hybridized carbons (Fsp3) is 0.741. The second-order valence-electron chi connectivity index (χ2n) is 11.8. The van der Waals surface area contributed by atoms with Gasteiger partial charge in [-0.2, -0.15) is 8.42 Å². The van der Waals surface area contributed by atoms with Gasteiger partial charge in [0.1, 0.15) is 0 Å². The number of allylic oxidation sites excluding steroid dienone is 4. The summed E-state index contributed by atoms with van der Waals surface area (Å²) in [6.45, 7) is 6.61. The van der Waals surface area contributed by atoms with Gasteiger partial charge in [0, 0.05) is 23.7 Å². The number of rotatable bonds is 7. The Morgan fingerprint density at radius 2 is 2.00 bits per heavy atom. The van der Waals surface area contributed by atoms with E-state index in [0.717, 1.165) is 12.0 Å². The Bertz CT molecular complexity index is 1210. The maximum atomic E-state index is 13.9. The largest absolute Gasteiger partial charge is 0.458 e. The maximum absolute atomic E-state index is 13.9. The van der Waals surface area contributed by atoms with Crippen molar-refractivity contribution in [1.82, 2.24) is 0 Å². The van der Waals surface area contributed by atoms with Gasteiger partial charge in [-0.05, 0) is 56.1 Å². The molecule has 0 spiro atoms. The number of esters is 1. The summed E-state index contributed by atoms with van der Waals surface area (Å²) in [5, 5.41) is 0. The van der Waals surface area contributed by atoms with Crippen LogP contribution in [0.2, 0.25) is 0 Å². The Kier molecular flexibility index (Phi) is 6.79. The molecule has 0 amide bonds. The van der Waals surface area contributed by atoms with Crippen LogP contribution in [0.5, 0.6) is 0 Å². The molecule has 0 radical (unpaired) electrons. The zero-order valence-corrected chi connectivity index (χ0v) is 23.0. The van der Waals surface area contributed by atoms with Gasteiger partial charge in [-0.15, -0.1) is 0 Å². The third-order valence-corrected chi connectivity index (χ3v) is 10.3. The molecule has 1 saturated heterocycles. The minimum Gasteiger partial charge on any atom is -0.458 e. The predicted molar refractivity (Wildman–Crippen MR) is 133 cm³/mol. The van der Waals surface area contributed by atoms with Crippen molar-refractivity contribution in [3.8, 4) is 0 Å². The number of carbonyl (C=O) groups is 3. The molecule has 210 valence electrons. The fourth-order valence-corrected chi connectivity index (χ4v) is 8.99. The molecule has 0 unspecified atom stereocenters. The van der Waals surface area contributed by atoms with Crippen molar-refractivity contribution in [2.75, 3.05) is 6.61 Å². The van der Waals surface area contributed by atoms with Crippen molar-refractivity contribution in [1.29, 1.82) is 0 Å². The lowest BCUT2D eigenvalue weighted by Crippen LogP contribution is -2.64. The summed E-state index contributed by atoms with van der Waals surface area (Å²) in [6.07, 6.45) is 5.96. The van der Waals surface area contributed by atoms with E-state index in [0.29, 0.717) is 25.7 Å². The number of hydrogen-bond acceptors (Lipinski definition) is 9. The summed E-state index contributed by atoms with van der Waals surface area (Å²) in [6, 6.07) is 0. The van der Waals surface area contributed by atoms with E-state index in [9.17, 15) is 27.4 Å². The van der Waals surface area contributed by atoms with Crippen molar-refractivity contribution in [3.05, 3.63) is 23.8 Å². The Hall–Kier alpha value is -1.92. The SMILES string of the molecule is CCC[C@@H]1O[C@@H]2C[C@H]3[C@@H]4CCC5=CC(=O)C=C[C@]5(C)[C@H]4[C@@H](OS(=O)(=O)O)C[C@]3(C)[C@]2(C(=O)COC(C)=O)O1. The average Bonchev–Trinajstić information content (AvgIpc) is 3.29. The van der Waals surface area contributed by atoms with Crippen LogP contribution in [0.15, 0.2) is 23.8 Å². The summed E-state index contributed by atoms with van der Waals surface area (Å²) in [5.41, 5.74) is -2.14. The normalized spacial score (nSPS) is 43.5. The van der Waals surface area contributed by atoms with E-state index in [-0.39, 0.29) is 30.0 Å². The van der Waals surface area contributed by atoms with Gasteiger partial charge in [0.05, 0.1) is 12.2 Å². The number of carbonyl (C=O) groups excluding carboxylic acids is 3. The fourth-order valence-electron chi connectivity index (χ4n) is 8.49. The Morgan fingerprint density at radius 3 is 2.66 bits per heavy atom. The van der Waals surface area contributed by atoms with Crippen molar-refractivity contribution in [2.45, 2.75) is 90.3 Å². The van der Waals surface area contributed by atoms with E-state index in [4.69, 9.17) is 18.4 Å². The van der Waals surface area contributed by atoms with E-state index in [1.54, 1.807) is 6.08 Å². The first-order valence-corrected chi connectivity index (χ1v) is 14.7. The molecule has 10 nitrogen and oxygen atoms in total. The van der Waals surface area contributed by atoms with Gasteiger partial charge >= 0.3 is 16.4 Å². The molecule has 0 aromatic rings. The van der Waals surface area contributed by atoms with Gasteiger partial charge in [0.2, 0.25) is 5.78 Å². The van der Waals surface area contributed by atoms with Crippen molar-refractivity contribution >= 4 is 27.9 Å². The van der Waals surface area contributed by atoms with Gasteiger partial charge in [0.25, 0.3) is 0 Å². The molecule has 3 saturated carbocycles. The molecule has 0 bridgehead atoms. The molecule has 9 atom stereocenters. The maximum Gasteiger partial charge on any atom is 0.397 e. The molecule has 0 aromatic carbocycles. The molecule has 1 N–H and O–H groups in total. The van der Waals surface area contributed by atoms with Crippen LogP contribution in [0.3, 0.4) is 0 Å². The molecular formula is C27H36O10S. The molecule has 11 heteroatoms. The lowest BCUT2D eigenvalue weighted by Gasteiger charge is -2.60. The van der Waals surface area contributed by atoms with Gasteiger partial charge in [-0.1, -0.05) is 38.8 Å². The van der Waals surface area contributed by atoms with Crippen LogP contribution in [-0.4, -0.2) is 61.2 Å². The highest BCUT2D eigenvalue weighted by Gasteiger charge is 2.76. The molecule has 0 aromatic heterocycles. The number of ketones is 2. The van der Waals surface area contributed by atoms with E-state index >= 15 is 0 Å². The smallest absolute Gasteiger partial charge is 0.397 e. The standard InChI is InChI=1S/C27H36O10S/c1-5-6-23-35-22-12-19-18-8-7-16-11-17(29)9-10-25(16,3)24(18)20(37-38(31,32)33)13-26(19,4)27(22,36-23)21(30)14-34-15(2)28/h9-11,18-20,22-24H,5-8,12-14H2,1-4H3,(H,31,32,33)/t18-,19-,20-,22+,23+,24+,25-,26-,27+/m0/s1. The van der Waals surface area contributed by atoms with Crippen molar-refractivity contribution in [2.24, 2.45) is 28.6 Å². The lowest BCUT2D eigenvalue weighted by molar-refractivity contribution is -0.199. The number of ether oxygens (including phenoxy) is 3. The van der Waals surface area contributed by atoms with E-state index in [2.05, 4.69) is 0 Å². The van der Waals surface area contributed by atoms with Crippen LogP contribution in [0.1, 0.15) is 66.2 Å². The molecule has 4 fully saturated rings. The lowest BCUT2D eigenvalue weighted by atomic mass is 9.46. The molecule has 4 aliphatic carbocycles. The number of fused-ring (bicyclic) bond motifs is 7. The van der Waals surface area contributed by atoms with Crippen LogP contribution in [-0.2, 0) is 43.2 Å². The first-order chi connectivity index (χ1) is 17.7. The summed E-state index contributed by atoms with van der Waals surface area (Å²) >= 11 is 0. The summed E-state index contributed by atoms with van der Waals surface area (Å²) in [4.78, 5) is 37.6. The van der Waals surface area contributed by atoms with E-state index < -0.39 is 63.7 Å². The quantitative estimate of drug-likeness (QED) is 0.370. The van der Waals surface area contributed by atoms with Crippen molar-refractivity contribution < 1.29 is 45.7 Å². The minimum absolute atomic E-state index is 0.0911. The van der Waals surface area contributed by atoms with Crippen LogP contribution in [0.4, 0.5) is 0 Å². The van der Waals surface area contributed by atoms with Gasteiger partial charge in [-0.3, -0.25) is 18.9 Å². The van der Waals surface area contributed by atoms with Crippen LogP contribution >= 0.6 is 0 Å². The van der Waals surface area contributed by atoms with Crippen LogP contribution in [0.25, 0.3) is 0 Å². The monoisotopic (exact) mass is 552 g/mol. The summed E-state index contributed by atoms with van der Waals surface area (Å²) < 4.78 is 57.3. The molecule has 1 aliphatic heterocycles. The molecule has 1 heterocycles. The molecule has 5 aliphatic rings. The molecule has 5 rings (SSSR count). The highest BCUT2D eigenvalue weighted by atomic mass is 32.3. The first kappa shape index (κ1) is 27.6. The predicted octanol–water partition coefficient (Wildman–Crippen LogP) is 3.11. The Morgan fingerprint density at radius 1 is 1.26 bits per heavy atom. The van der Waals surface area contributed by atoms with Crippen LogP contribution in [0, 0.1) is 28.6 Å². The molecule has 38 heavy (non-hydrogen) atoms. The number of hydrogen-bond donors (Lipinski definition) is 1. The zero-order chi connectivity index (χ0) is 27.7. The van der Waals surface area contributed by atoms with Gasteiger partial charge < -0.3 is 14.2 Å². The Labute approximate surface area is 223 Å². The second kappa shape index (κ2) is 9.33. The van der Waals surface area contributed by atoms with Gasteiger partial charge in [0.15, 0.2) is 24.3 Å². The zero-order valence-electron chi connectivity index (χ0n) is 22.2. The number of Topliss-reactive ketones (excluding diaryl/α,β-unsaturated/α-hetero) is 1. The minimum atomic E-state index is -4.84.